The van der Waals surface area contributed by atoms with Crippen molar-refractivity contribution in [2.45, 2.75) is 26.8 Å². The van der Waals surface area contributed by atoms with Gasteiger partial charge in [0.15, 0.2) is 10.6 Å². The third kappa shape index (κ3) is 2.35. The zero-order chi connectivity index (χ0) is 15.0. The lowest BCUT2D eigenvalue weighted by molar-refractivity contribution is 0.636. The fourth-order valence-corrected chi connectivity index (χ4v) is 2.70. The van der Waals surface area contributed by atoms with Gasteiger partial charge >= 0.3 is 0 Å². The Morgan fingerprint density at radius 3 is 2.95 bits per heavy atom. The fourth-order valence-electron chi connectivity index (χ4n) is 2.48. The van der Waals surface area contributed by atoms with Crippen molar-refractivity contribution in [3.8, 4) is 11.4 Å². The number of nitrogens with zero attached hydrogens (tertiary/aromatic N) is 3. The third-order valence-electron chi connectivity index (χ3n) is 3.36. The first-order valence-corrected chi connectivity index (χ1v) is 7.24. The van der Waals surface area contributed by atoms with Crippen LogP contribution in [-0.2, 0) is 6.54 Å². The molecule has 2 aromatic heterocycles. The van der Waals surface area contributed by atoms with Crippen molar-refractivity contribution in [2.75, 3.05) is 0 Å². The van der Waals surface area contributed by atoms with E-state index in [1.807, 2.05) is 23.6 Å². The molecule has 0 saturated heterocycles. The van der Waals surface area contributed by atoms with E-state index in [0.29, 0.717) is 10.3 Å². The summed E-state index contributed by atoms with van der Waals surface area (Å²) in [5.74, 6) is 0.400. The summed E-state index contributed by atoms with van der Waals surface area (Å²) < 4.78 is 16.5. The highest BCUT2D eigenvalue weighted by Gasteiger charge is 2.14. The maximum atomic E-state index is 14.0. The highest BCUT2D eigenvalue weighted by atomic mass is 32.1. The van der Waals surface area contributed by atoms with Gasteiger partial charge < -0.3 is 4.57 Å². The third-order valence-corrected chi connectivity index (χ3v) is 3.68. The molecule has 21 heavy (non-hydrogen) atoms. The van der Waals surface area contributed by atoms with Crippen molar-refractivity contribution in [1.82, 2.24) is 19.7 Å². The van der Waals surface area contributed by atoms with Gasteiger partial charge in [-0.1, -0.05) is 19.1 Å². The molecule has 0 aliphatic carbocycles. The summed E-state index contributed by atoms with van der Waals surface area (Å²) in [5.41, 5.74) is 1.96. The number of fused-ring (bicyclic) bond motifs is 1. The fraction of sp³-hybridized carbons (Fsp3) is 0.267. The average molecular weight is 302 g/mol. The summed E-state index contributed by atoms with van der Waals surface area (Å²) in [6, 6.07) is 6.87. The van der Waals surface area contributed by atoms with E-state index < -0.39 is 0 Å². The van der Waals surface area contributed by atoms with Gasteiger partial charge in [-0.3, -0.25) is 5.10 Å². The second-order valence-corrected chi connectivity index (χ2v) is 5.34. The van der Waals surface area contributed by atoms with Gasteiger partial charge in [0.1, 0.15) is 11.3 Å². The second-order valence-electron chi connectivity index (χ2n) is 4.95. The van der Waals surface area contributed by atoms with Crippen LogP contribution in [0.3, 0.4) is 0 Å². The molecule has 0 amide bonds. The Hall–Kier alpha value is -2.08. The lowest BCUT2D eigenvalue weighted by Gasteiger charge is -2.09. The van der Waals surface area contributed by atoms with E-state index in [9.17, 15) is 4.39 Å². The van der Waals surface area contributed by atoms with Crippen LogP contribution >= 0.6 is 12.2 Å². The summed E-state index contributed by atoms with van der Waals surface area (Å²) in [6.07, 6.45) is 0.942. The highest BCUT2D eigenvalue weighted by molar-refractivity contribution is 7.71. The molecule has 0 aliphatic rings. The molecule has 2 heterocycles. The number of pyridine rings is 1. The Kier molecular flexibility index (Phi) is 3.55. The SMILES string of the molecule is CCCn1c(-c2cc(C)nc3c(F)cccc23)n[nH]c1=S. The average Bonchev–Trinajstić information content (AvgIpc) is 2.81. The van der Waals surface area contributed by atoms with E-state index in [1.54, 1.807) is 6.07 Å². The van der Waals surface area contributed by atoms with Crippen molar-refractivity contribution < 1.29 is 4.39 Å². The minimum Gasteiger partial charge on any atom is -0.300 e. The molecule has 3 rings (SSSR count). The summed E-state index contributed by atoms with van der Waals surface area (Å²) in [5, 5.41) is 7.88. The number of aromatic nitrogens is 4. The first-order chi connectivity index (χ1) is 10.1. The lowest BCUT2D eigenvalue weighted by atomic mass is 10.1. The molecule has 4 nitrogen and oxygen atoms in total. The van der Waals surface area contributed by atoms with E-state index in [1.165, 1.54) is 6.07 Å². The summed E-state index contributed by atoms with van der Waals surface area (Å²) in [7, 11) is 0. The first kappa shape index (κ1) is 13.9. The number of aryl methyl sites for hydroxylation is 1. The summed E-state index contributed by atoms with van der Waals surface area (Å²) >= 11 is 5.27. The quantitative estimate of drug-likeness (QED) is 0.743. The number of hydrogen-bond donors (Lipinski definition) is 1. The molecular weight excluding hydrogens is 287 g/mol. The van der Waals surface area contributed by atoms with Crippen LogP contribution in [0.25, 0.3) is 22.3 Å². The molecule has 0 radical (unpaired) electrons. The first-order valence-electron chi connectivity index (χ1n) is 6.83. The molecule has 1 N–H and O–H groups in total. The largest absolute Gasteiger partial charge is 0.300 e. The van der Waals surface area contributed by atoms with Crippen LogP contribution in [-0.4, -0.2) is 19.7 Å². The molecular formula is C15H15FN4S. The van der Waals surface area contributed by atoms with Crippen LogP contribution in [0.4, 0.5) is 4.39 Å². The molecule has 3 aromatic rings. The molecule has 0 spiro atoms. The Morgan fingerprint density at radius 2 is 2.19 bits per heavy atom. The number of rotatable bonds is 3. The Balaban J connectivity index is 2.35. The van der Waals surface area contributed by atoms with Gasteiger partial charge in [0, 0.05) is 23.2 Å². The Labute approximate surface area is 126 Å². The Bertz CT molecular complexity index is 866. The van der Waals surface area contributed by atoms with E-state index in [4.69, 9.17) is 12.2 Å². The standard InChI is InChI=1S/C15H15FN4S/c1-3-7-20-14(18-19-15(20)21)11-8-9(2)17-13-10(11)5-4-6-12(13)16/h4-6,8H,3,7H2,1-2H3,(H,19,21). The molecule has 108 valence electrons. The summed E-state index contributed by atoms with van der Waals surface area (Å²) in [6.45, 7) is 4.69. The van der Waals surface area contributed by atoms with Crippen molar-refractivity contribution in [3.63, 3.8) is 0 Å². The molecule has 0 saturated carbocycles. The number of hydrogen-bond acceptors (Lipinski definition) is 3. The molecule has 1 aromatic carbocycles. The van der Waals surface area contributed by atoms with Gasteiger partial charge in [-0.05, 0) is 37.7 Å². The molecule has 0 aliphatic heterocycles. The molecule has 0 bridgehead atoms. The van der Waals surface area contributed by atoms with Gasteiger partial charge in [0.25, 0.3) is 0 Å². The van der Waals surface area contributed by atoms with Crippen LogP contribution in [0.2, 0.25) is 0 Å². The van der Waals surface area contributed by atoms with Crippen LogP contribution in [0.1, 0.15) is 19.0 Å². The number of benzene rings is 1. The minimum absolute atomic E-state index is 0.325. The van der Waals surface area contributed by atoms with Crippen LogP contribution < -0.4 is 0 Å². The van der Waals surface area contributed by atoms with E-state index in [-0.39, 0.29) is 5.82 Å². The predicted molar refractivity (Wildman–Crippen MR) is 83.1 cm³/mol. The van der Waals surface area contributed by atoms with Gasteiger partial charge in [-0.25, -0.2) is 9.37 Å². The second kappa shape index (κ2) is 5.37. The highest BCUT2D eigenvalue weighted by Crippen LogP contribution is 2.28. The molecule has 0 atom stereocenters. The number of aromatic amines is 1. The molecule has 6 heteroatoms. The maximum Gasteiger partial charge on any atom is 0.195 e. The van der Waals surface area contributed by atoms with Crippen LogP contribution in [0.5, 0.6) is 0 Å². The minimum atomic E-state index is -0.325. The smallest absolute Gasteiger partial charge is 0.195 e. The van der Waals surface area contributed by atoms with E-state index in [2.05, 4.69) is 22.1 Å². The normalized spacial score (nSPS) is 11.2. The van der Waals surface area contributed by atoms with Crippen LogP contribution in [0.15, 0.2) is 24.3 Å². The predicted octanol–water partition coefficient (Wildman–Crippen LogP) is 4.01. The van der Waals surface area contributed by atoms with Gasteiger partial charge in [-0.15, -0.1) is 0 Å². The van der Waals surface area contributed by atoms with E-state index in [0.717, 1.165) is 35.4 Å². The van der Waals surface area contributed by atoms with Crippen molar-refractivity contribution in [1.29, 1.82) is 0 Å². The topological polar surface area (TPSA) is 46.5 Å². The monoisotopic (exact) mass is 302 g/mol. The summed E-state index contributed by atoms with van der Waals surface area (Å²) in [4.78, 5) is 4.30. The van der Waals surface area contributed by atoms with Crippen LogP contribution in [0, 0.1) is 17.5 Å². The van der Waals surface area contributed by atoms with E-state index >= 15 is 0 Å². The maximum absolute atomic E-state index is 14.0. The van der Waals surface area contributed by atoms with Crippen molar-refractivity contribution >= 4 is 23.1 Å². The van der Waals surface area contributed by atoms with Crippen molar-refractivity contribution in [3.05, 3.63) is 40.5 Å². The zero-order valence-corrected chi connectivity index (χ0v) is 12.7. The Morgan fingerprint density at radius 1 is 1.38 bits per heavy atom. The van der Waals surface area contributed by atoms with Gasteiger partial charge in [-0.2, -0.15) is 5.10 Å². The van der Waals surface area contributed by atoms with Gasteiger partial charge in [0.05, 0.1) is 0 Å². The number of H-pyrrole nitrogens is 1. The van der Waals surface area contributed by atoms with Gasteiger partial charge in [0.2, 0.25) is 0 Å². The molecule has 0 fully saturated rings. The lowest BCUT2D eigenvalue weighted by Crippen LogP contribution is -2.01. The number of para-hydroxylation sites is 1. The number of nitrogens with one attached hydrogen (secondary N) is 1. The zero-order valence-electron chi connectivity index (χ0n) is 11.9. The van der Waals surface area contributed by atoms with Crippen molar-refractivity contribution in [2.24, 2.45) is 0 Å². The number of halogens is 1. The molecule has 0 unspecified atom stereocenters.